The number of benzene rings is 3. The zero-order valence-corrected chi connectivity index (χ0v) is 18.1. The van der Waals surface area contributed by atoms with E-state index in [0.29, 0.717) is 13.2 Å². The molecular weight excluding hydrogens is 400 g/mol. The van der Waals surface area contributed by atoms with E-state index in [-0.39, 0.29) is 18.5 Å². The second-order valence-corrected chi connectivity index (χ2v) is 8.27. The molecule has 2 aliphatic rings. The van der Waals surface area contributed by atoms with Crippen molar-refractivity contribution in [3.8, 4) is 22.6 Å². The molecule has 1 fully saturated rings. The minimum atomic E-state index is 0.0748. The smallest absolute Gasteiger partial charge is 0.242 e. The van der Waals surface area contributed by atoms with Gasteiger partial charge < -0.3 is 19.7 Å². The largest absolute Gasteiger partial charge is 0.490 e. The van der Waals surface area contributed by atoms with E-state index < -0.39 is 0 Å². The highest BCUT2D eigenvalue weighted by molar-refractivity contribution is 5.85. The van der Waals surface area contributed by atoms with Crippen LogP contribution in [0.1, 0.15) is 30.9 Å². The Kier molecular flexibility index (Phi) is 5.97. The number of likely N-dealkylation sites (tertiary alicyclic amines) is 1. The Labute approximate surface area is 189 Å². The Morgan fingerprint density at radius 2 is 1.69 bits per heavy atom. The van der Waals surface area contributed by atoms with Gasteiger partial charge in [-0.2, -0.15) is 0 Å². The minimum Gasteiger partial charge on any atom is -0.490 e. The summed E-state index contributed by atoms with van der Waals surface area (Å²) < 4.78 is 11.6. The third-order valence-corrected chi connectivity index (χ3v) is 6.17. The molecule has 5 heteroatoms. The quantitative estimate of drug-likeness (QED) is 0.600. The molecular formula is C27H28N2O3. The van der Waals surface area contributed by atoms with E-state index in [0.717, 1.165) is 59.7 Å². The molecule has 0 bridgehead atoms. The molecule has 0 radical (unpaired) electrons. The number of anilines is 1. The van der Waals surface area contributed by atoms with Crippen LogP contribution in [-0.2, 0) is 4.79 Å². The lowest BCUT2D eigenvalue weighted by Gasteiger charge is -2.26. The van der Waals surface area contributed by atoms with E-state index in [1.807, 2.05) is 47.4 Å². The van der Waals surface area contributed by atoms with Crippen LogP contribution in [0.4, 0.5) is 5.69 Å². The SMILES string of the molecule is O=C(CNc1ccccc1-c1ccccc1)N1CCCC1c1ccc2c(c1)OCCCO2. The van der Waals surface area contributed by atoms with Gasteiger partial charge in [0.05, 0.1) is 25.8 Å². The highest BCUT2D eigenvalue weighted by Crippen LogP contribution is 2.38. The minimum absolute atomic E-state index is 0.0748. The van der Waals surface area contributed by atoms with Crippen LogP contribution in [0.25, 0.3) is 11.1 Å². The fourth-order valence-corrected chi connectivity index (χ4v) is 4.58. The van der Waals surface area contributed by atoms with E-state index in [1.165, 1.54) is 0 Å². The molecule has 5 nitrogen and oxygen atoms in total. The number of carbonyl (C=O) groups is 1. The lowest BCUT2D eigenvalue weighted by molar-refractivity contribution is -0.130. The van der Waals surface area contributed by atoms with Crippen molar-refractivity contribution in [1.29, 1.82) is 0 Å². The van der Waals surface area contributed by atoms with Crippen LogP contribution in [0, 0.1) is 0 Å². The topological polar surface area (TPSA) is 50.8 Å². The first-order chi connectivity index (χ1) is 15.8. The maximum absolute atomic E-state index is 13.2. The van der Waals surface area contributed by atoms with Gasteiger partial charge in [-0.3, -0.25) is 4.79 Å². The van der Waals surface area contributed by atoms with Crippen LogP contribution in [0.3, 0.4) is 0 Å². The normalized spacial score (nSPS) is 17.6. The van der Waals surface area contributed by atoms with Gasteiger partial charge in [-0.05, 0) is 42.2 Å². The third kappa shape index (κ3) is 4.28. The highest BCUT2D eigenvalue weighted by atomic mass is 16.5. The average Bonchev–Trinajstić information content (AvgIpc) is 3.22. The molecule has 164 valence electrons. The van der Waals surface area contributed by atoms with Crippen molar-refractivity contribution in [2.45, 2.75) is 25.3 Å². The predicted octanol–water partition coefficient (Wildman–Crippen LogP) is 5.29. The van der Waals surface area contributed by atoms with E-state index in [1.54, 1.807) is 0 Å². The van der Waals surface area contributed by atoms with Crippen molar-refractivity contribution < 1.29 is 14.3 Å². The standard InChI is InChI=1S/C27H28N2O3/c30-27(19-28-23-11-5-4-10-22(23)20-8-2-1-3-9-20)29-15-6-12-24(29)21-13-14-25-26(18-21)32-17-7-16-31-25/h1-5,8-11,13-14,18,24,28H,6-7,12,15-17,19H2. The molecule has 0 saturated carbocycles. The summed E-state index contributed by atoms with van der Waals surface area (Å²) in [6.45, 7) is 2.38. The molecule has 1 N–H and O–H groups in total. The van der Waals surface area contributed by atoms with Gasteiger partial charge in [-0.25, -0.2) is 0 Å². The number of ether oxygens (including phenoxy) is 2. The lowest BCUT2D eigenvalue weighted by atomic mass is 10.0. The molecule has 3 aromatic carbocycles. The molecule has 1 unspecified atom stereocenters. The van der Waals surface area contributed by atoms with E-state index >= 15 is 0 Å². The number of nitrogens with one attached hydrogen (secondary N) is 1. The van der Waals surface area contributed by atoms with Crippen LogP contribution in [0.15, 0.2) is 72.8 Å². The number of para-hydroxylation sites is 1. The van der Waals surface area contributed by atoms with Crippen LogP contribution >= 0.6 is 0 Å². The van der Waals surface area contributed by atoms with E-state index in [2.05, 4.69) is 35.6 Å². The molecule has 0 aromatic heterocycles. The number of rotatable bonds is 5. The Morgan fingerprint density at radius 1 is 0.906 bits per heavy atom. The zero-order chi connectivity index (χ0) is 21.8. The summed E-state index contributed by atoms with van der Waals surface area (Å²) in [6, 6.07) is 24.5. The summed E-state index contributed by atoms with van der Waals surface area (Å²) in [7, 11) is 0. The third-order valence-electron chi connectivity index (χ3n) is 6.17. The molecule has 2 aliphatic heterocycles. The van der Waals surface area contributed by atoms with E-state index in [9.17, 15) is 4.79 Å². The second-order valence-electron chi connectivity index (χ2n) is 8.27. The number of nitrogens with zero attached hydrogens (tertiary/aromatic N) is 1. The number of hydrogen-bond donors (Lipinski definition) is 1. The van der Waals surface area contributed by atoms with Crippen LogP contribution in [0.2, 0.25) is 0 Å². The monoisotopic (exact) mass is 428 g/mol. The Bertz CT molecular complexity index is 1080. The summed E-state index contributed by atoms with van der Waals surface area (Å²) in [5.41, 5.74) is 4.32. The van der Waals surface area contributed by atoms with Gasteiger partial charge in [0, 0.05) is 24.2 Å². The molecule has 0 spiro atoms. The molecule has 2 heterocycles. The molecule has 0 aliphatic carbocycles. The fourth-order valence-electron chi connectivity index (χ4n) is 4.58. The fraction of sp³-hybridized carbons (Fsp3) is 0.296. The van der Waals surface area contributed by atoms with Crippen molar-refractivity contribution in [2.75, 3.05) is 31.6 Å². The van der Waals surface area contributed by atoms with E-state index in [4.69, 9.17) is 9.47 Å². The zero-order valence-electron chi connectivity index (χ0n) is 18.1. The van der Waals surface area contributed by atoms with Crippen molar-refractivity contribution >= 4 is 11.6 Å². The first kappa shape index (κ1) is 20.4. The van der Waals surface area contributed by atoms with Crippen molar-refractivity contribution in [1.82, 2.24) is 4.90 Å². The van der Waals surface area contributed by atoms with Crippen LogP contribution in [-0.4, -0.2) is 37.1 Å². The van der Waals surface area contributed by atoms with Gasteiger partial charge in [0.25, 0.3) is 0 Å². The lowest BCUT2D eigenvalue weighted by Crippen LogP contribution is -2.35. The van der Waals surface area contributed by atoms with Crippen LogP contribution < -0.4 is 14.8 Å². The van der Waals surface area contributed by atoms with Gasteiger partial charge in [-0.1, -0.05) is 54.6 Å². The van der Waals surface area contributed by atoms with Crippen molar-refractivity contribution in [3.05, 3.63) is 78.4 Å². The molecule has 1 saturated heterocycles. The summed E-state index contributed by atoms with van der Waals surface area (Å²) in [5.74, 6) is 1.69. The van der Waals surface area contributed by atoms with Crippen LogP contribution in [0.5, 0.6) is 11.5 Å². The molecule has 5 rings (SSSR count). The Morgan fingerprint density at radius 3 is 2.56 bits per heavy atom. The Balaban J connectivity index is 1.30. The van der Waals surface area contributed by atoms with Crippen molar-refractivity contribution in [2.24, 2.45) is 0 Å². The summed E-state index contributed by atoms with van der Waals surface area (Å²) in [5, 5.41) is 3.38. The second kappa shape index (κ2) is 9.35. The number of fused-ring (bicyclic) bond motifs is 1. The van der Waals surface area contributed by atoms with Gasteiger partial charge in [0.1, 0.15) is 0 Å². The molecule has 1 atom stereocenters. The number of hydrogen-bond acceptors (Lipinski definition) is 4. The van der Waals surface area contributed by atoms with Gasteiger partial charge in [0.2, 0.25) is 5.91 Å². The van der Waals surface area contributed by atoms with Crippen molar-refractivity contribution in [3.63, 3.8) is 0 Å². The number of carbonyl (C=O) groups excluding carboxylic acids is 1. The first-order valence-corrected chi connectivity index (χ1v) is 11.4. The summed E-state index contributed by atoms with van der Waals surface area (Å²) >= 11 is 0. The molecule has 1 amide bonds. The summed E-state index contributed by atoms with van der Waals surface area (Å²) in [6.07, 6.45) is 2.85. The predicted molar refractivity (Wildman–Crippen MR) is 126 cm³/mol. The molecule has 3 aromatic rings. The van der Waals surface area contributed by atoms with Gasteiger partial charge >= 0.3 is 0 Å². The average molecular weight is 429 g/mol. The first-order valence-electron chi connectivity index (χ1n) is 11.4. The maximum atomic E-state index is 13.2. The van der Waals surface area contributed by atoms with Gasteiger partial charge in [-0.15, -0.1) is 0 Å². The summed E-state index contributed by atoms with van der Waals surface area (Å²) in [4.78, 5) is 15.2. The van der Waals surface area contributed by atoms with Gasteiger partial charge in [0.15, 0.2) is 11.5 Å². The number of amides is 1. The molecule has 32 heavy (non-hydrogen) atoms. The Hall–Kier alpha value is -3.47. The highest BCUT2D eigenvalue weighted by Gasteiger charge is 2.30. The maximum Gasteiger partial charge on any atom is 0.242 e.